The summed E-state index contributed by atoms with van der Waals surface area (Å²) in [5.41, 5.74) is 4.01. The van der Waals surface area contributed by atoms with Crippen LogP contribution in [0.5, 0.6) is 0 Å². The van der Waals surface area contributed by atoms with Crippen molar-refractivity contribution in [3.8, 4) is 11.1 Å². The first kappa shape index (κ1) is 26.4. The molecule has 1 aliphatic heterocycles. The Hall–Kier alpha value is -3.17. The molecule has 2 aromatic heterocycles. The molecule has 1 saturated carbocycles. The third-order valence-electron chi connectivity index (χ3n) is 7.63. The van der Waals surface area contributed by atoms with Gasteiger partial charge in [-0.1, -0.05) is 32.9 Å². The fourth-order valence-corrected chi connectivity index (χ4v) is 4.86. The molecule has 1 atom stereocenters. The minimum Gasteiger partial charge on any atom is -0.394 e. The summed E-state index contributed by atoms with van der Waals surface area (Å²) < 4.78 is 7.36. The predicted molar refractivity (Wildman–Crippen MR) is 150 cm³/mol. The monoisotopic (exact) mass is 520 g/mol. The lowest BCUT2D eigenvalue weighted by atomic mass is 9.87. The summed E-state index contributed by atoms with van der Waals surface area (Å²) in [6.45, 7) is 10.7. The van der Waals surface area contributed by atoms with Crippen LogP contribution >= 0.6 is 0 Å². The van der Waals surface area contributed by atoms with Gasteiger partial charge in [0.2, 0.25) is 0 Å². The number of aryl methyl sites for hydroxylation is 1. The first-order valence-corrected chi connectivity index (χ1v) is 13.7. The molecule has 9 nitrogen and oxygen atoms in total. The van der Waals surface area contributed by atoms with Gasteiger partial charge in [0.15, 0.2) is 5.65 Å². The zero-order valence-electron chi connectivity index (χ0n) is 22.9. The number of ether oxygens (including phenoxy) is 1. The zero-order chi connectivity index (χ0) is 26.9. The molecule has 0 unspecified atom stereocenters. The van der Waals surface area contributed by atoms with Crippen LogP contribution in [0.4, 0.5) is 11.6 Å². The van der Waals surface area contributed by atoms with Crippen LogP contribution in [0.25, 0.3) is 16.8 Å². The Morgan fingerprint density at radius 1 is 1.18 bits per heavy atom. The lowest BCUT2D eigenvalue weighted by molar-refractivity contribution is 0.0699. The lowest BCUT2D eigenvalue weighted by Gasteiger charge is -2.30. The molecule has 3 aromatic rings. The quantitative estimate of drug-likeness (QED) is 0.334. The summed E-state index contributed by atoms with van der Waals surface area (Å²) in [5, 5.41) is 24.9. The standard InChI is InChI=1S/C29H40N6O3/c1-18-13-20(5-8-22(18)28(37)32-21-6-7-21)23-16-31-35-26(30-15-19-9-11-38-12-10-19)14-25(34-27(23)35)33-24(17-36)29(2,3)4/h5,8,13-14,16,19,21,24,30,36H,6-7,9-12,15,17H2,1-4H3,(H,32,37)(H,33,34)/t24-/m1/s1. The number of carbonyl (C=O) groups excluding carboxylic acids is 1. The van der Waals surface area contributed by atoms with Crippen LogP contribution in [0.2, 0.25) is 0 Å². The molecule has 0 bridgehead atoms. The average molecular weight is 521 g/mol. The number of hydrogen-bond donors (Lipinski definition) is 4. The van der Waals surface area contributed by atoms with E-state index >= 15 is 0 Å². The second kappa shape index (κ2) is 10.9. The molecule has 204 valence electrons. The number of aliphatic hydroxyl groups excluding tert-OH is 1. The largest absolute Gasteiger partial charge is 0.394 e. The number of nitrogens with one attached hydrogen (secondary N) is 3. The van der Waals surface area contributed by atoms with E-state index in [2.05, 4.69) is 36.7 Å². The van der Waals surface area contributed by atoms with E-state index in [9.17, 15) is 9.90 Å². The van der Waals surface area contributed by atoms with Gasteiger partial charge < -0.3 is 25.8 Å². The maximum atomic E-state index is 12.6. The SMILES string of the molecule is Cc1cc(-c2cnn3c(NCC4CCOCC4)cc(N[C@H](CO)C(C)(C)C)nc23)ccc1C(=O)NC1CC1. The van der Waals surface area contributed by atoms with Gasteiger partial charge >= 0.3 is 0 Å². The van der Waals surface area contributed by atoms with Crippen molar-refractivity contribution in [2.75, 3.05) is 37.0 Å². The van der Waals surface area contributed by atoms with E-state index in [0.29, 0.717) is 29.0 Å². The molecule has 2 aliphatic rings. The zero-order valence-corrected chi connectivity index (χ0v) is 22.9. The molecule has 0 radical (unpaired) electrons. The first-order chi connectivity index (χ1) is 18.2. The molecule has 38 heavy (non-hydrogen) atoms. The van der Waals surface area contributed by atoms with Crippen LogP contribution < -0.4 is 16.0 Å². The van der Waals surface area contributed by atoms with E-state index < -0.39 is 0 Å². The molecule has 4 N–H and O–H groups in total. The van der Waals surface area contributed by atoms with Crippen molar-refractivity contribution in [2.24, 2.45) is 11.3 Å². The van der Waals surface area contributed by atoms with Gasteiger partial charge in [0.05, 0.1) is 18.8 Å². The van der Waals surface area contributed by atoms with Crippen molar-refractivity contribution in [2.45, 2.75) is 65.5 Å². The van der Waals surface area contributed by atoms with Crippen molar-refractivity contribution in [3.63, 3.8) is 0 Å². The smallest absolute Gasteiger partial charge is 0.251 e. The predicted octanol–water partition coefficient (Wildman–Crippen LogP) is 4.25. The number of fused-ring (bicyclic) bond motifs is 1. The van der Waals surface area contributed by atoms with Crippen molar-refractivity contribution in [1.29, 1.82) is 0 Å². The highest BCUT2D eigenvalue weighted by Gasteiger charge is 2.26. The van der Waals surface area contributed by atoms with Crippen LogP contribution in [0.15, 0.2) is 30.5 Å². The van der Waals surface area contributed by atoms with Gasteiger partial charge in [-0.05, 0) is 61.1 Å². The molecule has 1 aromatic carbocycles. The molecule has 2 fully saturated rings. The molecule has 1 amide bonds. The van der Waals surface area contributed by atoms with Crippen molar-refractivity contribution in [3.05, 3.63) is 41.6 Å². The molecule has 1 aliphatic carbocycles. The van der Waals surface area contributed by atoms with Gasteiger partial charge in [0.25, 0.3) is 5.91 Å². The highest BCUT2D eigenvalue weighted by Crippen LogP contribution is 2.31. The summed E-state index contributed by atoms with van der Waals surface area (Å²) >= 11 is 0. The van der Waals surface area contributed by atoms with Crippen LogP contribution in [0.1, 0.15) is 62.4 Å². The number of amides is 1. The number of benzene rings is 1. The van der Waals surface area contributed by atoms with Gasteiger partial charge in [-0.15, -0.1) is 0 Å². The molecule has 9 heteroatoms. The van der Waals surface area contributed by atoms with Crippen molar-refractivity contribution >= 4 is 23.2 Å². The molecule has 3 heterocycles. The van der Waals surface area contributed by atoms with E-state index in [0.717, 1.165) is 68.0 Å². The van der Waals surface area contributed by atoms with Crippen molar-refractivity contribution in [1.82, 2.24) is 19.9 Å². The maximum Gasteiger partial charge on any atom is 0.251 e. The number of hydrogen-bond acceptors (Lipinski definition) is 7. The van der Waals surface area contributed by atoms with Crippen LogP contribution in [0.3, 0.4) is 0 Å². The molecular formula is C29H40N6O3. The number of anilines is 2. The second-order valence-electron chi connectivity index (χ2n) is 11.8. The number of carbonyl (C=O) groups is 1. The highest BCUT2D eigenvalue weighted by atomic mass is 16.5. The first-order valence-electron chi connectivity index (χ1n) is 13.7. The normalized spacial score (nSPS) is 17.4. The third kappa shape index (κ3) is 5.94. The summed E-state index contributed by atoms with van der Waals surface area (Å²) in [4.78, 5) is 17.6. The van der Waals surface area contributed by atoms with E-state index in [1.165, 1.54) is 0 Å². The minimum absolute atomic E-state index is 0.00308. The number of aliphatic hydroxyl groups is 1. The van der Waals surface area contributed by atoms with Crippen LogP contribution in [-0.4, -0.2) is 64.1 Å². The lowest BCUT2D eigenvalue weighted by Crippen LogP contribution is -2.37. The maximum absolute atomic E-state index is 12.6. The average Bonchev–Trinajstić information content (AvgIpc) is 3.60. The van der Waals surface area contributed by atoms with Gasteiger partial charge in [0.1, 0.15) is 11.6 Å². The van der Waals surface area contributed by atoms with Gasteiger partial charge in [-0.25, -0.2) is 4.98 Å². The van der Waals surface area contributed by atoms with E-state index in [1.807, 2.05) is 41.9 Å². The Morgan fingerprint density at radius 3 is 2.61 bits per heavy atom. The van der Waals surface area contributed by atoms with E-state index in [1.54, 1.807) is 0 Å². The summed E-state index contributed by atoms with van der Waals surface area (Å²) in [6.07, 6.45) is 6.02. The van der Waals surface area contributed by atoms with Crippen LogP contribution in [-0.2, 0) is 4.74 Å². The summed E-state index contributed by atoms with van der Waals surface area (Å²) in [6, 6.07) is 8.00. The van der Waals surface area contributed by atoms with Crippen LogP contribution in [0, 0.1) is 18.3 Å². The second-order valence-corrected chi connectivity index (χ2v) is 11.8. The van der Waals surface area contributed by atoms with Crippen molar-refractivity contribution < 1.29 is 14.6 Å². The summed E-state index contributed by atoms with van der Waals surface area (Å²) in [7, 11) is 0. The molecule has 1 saturated heterocycles. The van der Waals surface area contributed by atoms with E-state index in [4.69, 9.17) is 14.8 Å². The minimum atomic E-state index is -0.168. The number of aromatic nitrogens is 3. The topological polar surface area (TPSA) is 113 Å². The number of rotatable bonds is 9. The molecule has 5 rings (SSSR count). The fourth-order valence-electron chi connectivity index (χ4n) is 4.86. The van der Waals surface area contributed by atoms with Gasteiger partial charge in [-0.3, -0.25) is 4.79 Å². The molecule has 0 spiro atoms. The molecular weight excluding hydrogens is 480 g/mol. The Labute approximate surface area is 224 Å². The van der Waals surface area contributed by atoms with Gasteiger partial charge in [-0.2, -0.15) is 9.61 Å². The fraction of sp³-hybridized carbons (Fsp3) is 0.552. The Bertz CT molecular complexity index is 1290. The highest BCUT2D eigenvalue weighted by molar-refractivity contribution is 5.97. The Kier molecular flexibility index (Phi) is 7.59. The van der Waals surface area contributed by atoms with Gasteiger partial charge in [0, 0.05) is 43.0 Å². The summed E-state index contributed by atoms with van der Waals surface area (Å²) in [5.74, 6) is 2.05. The van der Waals surface area contributed by atoms with E-state index in [-0.39, 0.29) is 24.0 Å². The third-order valence-corrected chi connectivity index (χ3v) is 7.63. The Balaban J connectivity index is 1.49. The Morgan fingerprint density at radius 2 is 1.95 bits per heavy atom. The number of nitrogens with zero attached hydrogens (tertiary/aromatic N) is 3.